The second-order valence-electron chi connectivity index (χ2n) is 19.6. The first-order chi connectivity index (χ1) is 36.7. The summed E-state index contributed by atoms with van der Waals surface area (Å²) in [7, 11) is 0. The first-order valence-electron chi connectivity index (χ1n) is 24.6. The lowest BCUT2D eigenvalue weighted by Crippen LogP contribution is -2.72. The number of aliphatic hydroxyl groups is 18. The van der Waals surface area contributed by atoms with Gasteiger partial charge in [-0.25, -0.2) is 4.79 Å². The van der Waals surface area contributed by atoms with Gasteiger partial charge in [-0.3, -0.25) is 9.59 Å². The van der Waals surface area contributed by atoms with Gasteiger partial charge >= 0.3 is 5.97 Å². The molecule has 35 heteroatoms. The number of amides is 2. The minimum Gasteiger partial charge on any atom is -0.477 e. The van der Waals surface area contributed by atoms with Crippen LogP contribution in [-0.2, 0) is 66.5 Å². The molecule has 6 fully saturated rings. The summed E-state index contributed by atoms with van der Waals surface area (Å²) in [6.45, 7) is -2.34. The van der Waals surface area contributed by atoms with Crippen LogP contribution in [-0.4, -0.2) is 338 Å². The quantitative estimate of drug-likeness (QED) is 0.0538. The summed E-state index contributed by atoms with van der Waals surface area (Å²) in [6, 6.07) is -3.66. The molecule has 0 aliphatic carbocycles. The zero-order chi connectivity index (χ0) is 58.0. The van der Waals surface area contributed by atoms with E-state index in [1.54, 1.807) is 0 Å². The number of carbonyl (C=O) groups is 3. The summed E-state index contributed by atoms with van der Waals surface area (Å²) in [4.78, 5) is 38.5. The lowest BCUT2D eigenvalue weighted by atomic mass is 9.88. The van der Waals surface area contributed by atoms with Crippen molar-refractivity contribution >= 4 is 17.8 Å². The van der Waals surface area contributed by atoms with Crippen molar-refractivity contribution in [2.24, 2.45) is 0 Å². The molecule has 6 saturated heterocycles. The number of aliphatic hydroxyl groups excluding tert-OH is 18. The predicted octanol–water partition coefficient (Wildman–Crippen LogP) is -13.6. The summed E-state index contributed by atoms with van der Waals surface area (Å²) in [6.07, 6.45) is -57.9. The van der Waals surface area contributed by atoms with E-state index in [0.717, 1.165) is 13.8 Å². The van der Waals surface area contributed by atoms with Crippen molar-refractivity contribution in [1.29, 1.82) is 0 Å². The van der Waals surface area contributed by atoms with E-state index in [-0.39, 0.29) is 0 Å². The molecule has 6 aliphatic rings. The van der Waals surface area contributed by atoms with Crippen molar-refractivity contribution in [2.45, 2.75) is 217 Å². The highest BCUT2D eigenvalue weighted by Gasteiger charge is 2.62. The third-order valence-electron chi connectivity index (χ3n) is 14.2. The predicted molar refractivity (Wildman–Crippen MR) is 238 cm³/mol. The Labute approximate surface area is 441 Å². The van der Waals surface area contributed by atoms with Crippen molar-refractivity contribution < 1.29 is 164 Å². The van der Waals surface area contributed by atoms with Crippen LogP contribution in [0.3, 0.4) is 0 Å². The molecule has 21 N–H and O–H groups in total. The van der Waals surface area contributed by atoms with Crippen molar-refractivity contribution in [2.75, 3.05) is 33.0 Å². The van der Waals surface area contributed by atoms with Gasteiger partial charge in [0.2, 0.25) is 11.8 Å². The van der Waals surface area contributed by atoms with Crippen LogP contribution < -0.4 is 10.6 Å². The van der Waals surface area contributed by atoms with Crippen molar-refractivity contribution in [3.63, 3.8) is 0 Å². The number of carboxylic acid groups (broad SMARTS) is 1. The van der Waals surface area contributed by atoms with E-state index in [1.165, 1.54) is 6.92 Å². The summed E-state index contributed by atoms with van der Waals surface area (Å²) >= 11 is 0. The van der Waals surface area contributed by atoms with E-state index in [1.807, 2.05) is 0 Å². The van der Waals surface area contributed by atoms with Gasteiger partial charge in [-0.05, 0) is 6.92 Å². The van der Waals surface area contributed by atoms with Gasteiger partial charge in [0.15, 0.2) is 31.5 Å². The van der Waals surface area contributed by atoms with Crippen LogP contribution in [0.1, 0.15) is 27.2 Å². The fourth-order valence-electron chi connectivity index (χ4n) is 9.97. The first kappa shape index (κ1) is 64.4. The van der Waals surface area contributed by atoms with Gasteiger partial charge in [0, 0.05) is 20.3 Å². The van der Waals surface area contributed by atoms with Crippen LogP contribution in [0.4, 0.5) is 0 Å². The van der Waals surface area contributed by atoms with Gasteiger partial charge in [-0.15, -0.1) is 0 Å². The van der Waals surface area contributed by atoms with Gasteiger partial charge < -0.3 is 160 Å². The Bertz CT molecular complexity index is 1950. The minimum absolute atomic E-state index is 0.845. The highest BCUT2D eigenvalue weighted by Crippen LogP contribution is 2.40. The molecule has 0 saturated carbocycles. The number of carboxylic acids is 1. The lowest BCUT2D eigenvalue weighted by Gasteiger charge is -2.52. The normalized spacial score (nSPS) is 48.1. The Kier molecular flexibility index (Phi) is 22.4. The van der Waals surface area contributed by atoms with E-state index in [4.69, 9.17) is 52.1 Å². The van der Waals surface area contributed by atoms with E-state index in [9.17, 15) is 111 Å². The molecule has 452 valence electrons. The van der Waals surface area contributed by atoms with Crippen LogP contribution in [0.15, 0.2) is 0 Å². The van der Waals surface area contributed by atoms with Crippen molar-refractivity contribution in [3.8, 4) is 0 Å². The molecule has 78 heavy (non-hydrogen) atoms. The maximum atomic E-state index is 13.2. The zero-order valence-electron chi connectivity index (χ0n) is 41.8. The number of ether oxygens (including phenoxy) is 11. The van der Waals surface area contributed by atoms with E-state index >= 15 is 0 Å². The van der Waals surface area contributed by atoms with Crippen LogP contribution in [0.2, 0.25) is 0 Å². The summed E-state index contributed by atoms with van der Waals surface area (Å²) in [5.74, 6) is -7.19. The molecule has 2 amide bonds. The van der Waals surface area contributed by atoms with Gasteiger partial charge in [0.25, 0.3) is 5.79 Å². The smallest absolute Gasteiger partial charge is 0.364 e. The van der Waals surface area contributed by atoms with Gasteiger partial charge in [0.05, 0.1) is 51.3 Å². The standard InChI is InChI=1S/C43H72N2O33/c1-10-21(55)24(58)28(62)39(68-10)75-33-18(9-50)71-38(73-32-17(8-49)72-40(29(63)26(32)60)74-31-16(7-48)69-37(65)27(61)25(31)59)20(45-12(3)52)35(33)76-41-30(64)36(23(57)15(6-47)70-41)78-43(42(66)67)4-13(53)19(44-11(2)51)34(77-43)22(56)14(54)5-46/h10,13-41,46-50,53-65H,4-9H2,1-3H3,(H,44,51)(H,45,52)(H,66,67)/t10-,13-,14+,15+,16+,17+,18+,19+,20+,21+,22+,23-,24+,25+,26+,27+,28-,29+,30+,31+,32-,33-,34+,35+,36-,37+,38-,39-,40-,41-,43-/m0/s1. The van der Waals surface area contributed by atoms with Crippen LogP contribution in [0.25, 0.3) is 0 Å². The minimum atomic E-state index is -3.26. The van der Waals surface area contributed by atoms with Crippen LogP contribution in [0.5, 0.6) is 0 Å². The largest absolute Gasteiger partial charge is 0.477 e. The molecular weight excluding hydrogens is 1070 g/mol. The maximum Gasteiger partial charge on any atom is 0.364 e. The molecule has 0 unspecified atom stereocenters. The third-order valence-corrected chi connectivity index (χ3v) is 14.2. The van der Waals surface area contributed by atoms with E-state index in [0.29, 0.717) is 0 Å². The molecular formula is C43H72N2O33. The van der Waals surface area contributed by atoms with Gasteiger partial charge in [-0.1, -0.05) is 0 Å². The van der Waals surface area contributed by atoms with E-state index in [2.05, 4.69) is 10.6 Å². The Balaban J connectivity index is 1.37. The highest BCUT2D eigenvalue weighted by atomic mass is 16.8. The topological polar surface area (TPSA) is 561 Å². The van der Waals surface area contributed by atoms with Gasteiger partial charge in [-0.2, -0.15) is 0 Å². The molecule has 0 aromatic heterocycles. The fourth-order valence-corrected chi connectivity index (χ4v) is 9.97. The highest BCUT2D eigenvalue weighted by molar-refractivity contribution is 5.76. The molecule has 6 heterocycles. The molecule has 0 bridgehead atoms. The number of hydrogen-bond donors (Lipinski definition) is 21. The second-order valence-corrected chi connectivity index (χ2v) is 19.6. The summed E-state index contributed by atoms with van der Waals surface area (Å²) in [5.41, 5.74) is 0. The molecule has 0 radical (unpaired) electrons. The molecule has 0 aromatic rings. The number of hydrogen-bond acceptors (Lipinski definition) is 32. The molecule has 6 rings (SSSR count). The monoisotopic (exact) mass is 1140 g/mol. The lowest BCUT2D eigenvalue weighted by molar-refractivity contribution is -0.398. The van der Waals surface area contributed by atoms with Crippen molar-refractivity contribution in [1.82, 2.24) is 10.6 Å². The molecule has 0 spiro atoms. The molecule has 0 aromatic carbocycles. The number of nitrogens with one attached hydrogen (secondary N) is 2. The third kappa shape index (κ3) is 13.5. The number of rotatable bonds is 20. The Morgan fingerprint density at radius 1 is 0.526 bits per heavy atom. The summed E-state index contributed by atoms with van der Waals surface area (Å²) in [5, 5.41) is 209. The fraction of sp³-hybridized carbons (Fsp3) is 0.930. The second kappa shape index (κ2) is 27.1. The summed E-state index contributed by atoms with van der Waals surface area (Å²) < 4.78 is 63.7. The van der Waals surface area contributed by atoms with Crippen LogP contribution >= 0.6 is 0 Å². The Hall–Kier alpha value is -2.75. The Morgan fingerprint density at radius 2 is 0.987 bits per heavy atom. The maximum absolute atomic E-state index is 13.2. The van der Waals surface area contributed by atoms with Gasteiger partial charge in [0.1, 0.15) is 134 Å². The molecule has 31 atom stereocenters. The molecule has 6 aliphatic heterocycles. The Morgan fingerprint density at radius 3 is 1.55 bits per heavy atom. The average Bonchev–Trinajstić information content (AvgIpc) is 3.44. The van der Waals surface area contributed by atoms with Crippen LogP contribution in [0, 0.1) is 0 Å². The first-order valence-corrected chi connectivity index (χ1v) is 24.6. The number of aliphatic carboxylic acids is 1. The average molecular weight is 1150 g/mol. The number of carbonyl (C=O) groups excluding carboxylic acids is 2. The molecule has 35 nitrogen and oxygen atoms in total. The van der Waals surface area contributed by atoms with Crippen molar-refractivity contribution in [3.05, 3.63) is 0 Å². The zero-order valence-corrected chi connectivity index (χ0v) is 41.8. The van der Waals surface area contributed by atoms with E-state index < -0.39 is 247 Å². The SMILES string of the molecule is CC(=O)N[C@H]1[C@H](O[C@@H]2[C@H](O)[C@@H](O)[C@H](O[C@H]3[C@H](O)[C@@H](O)[C@H](O)O[C@@H]3CO)O[C@@H]2CO)O[C@H](CO)[C@H](O[C@@H]2O[C@@H](C)[C@@H](O)[C@@H](O)[C@@H]2O)[C@@H]1O[C@@H]1O[C@H](CO)[C@H](O)[C@H](O[C@]2(C(=O)O)C[C@H](O)[C@@H](NC(C)=O)[C@H]([C@H](O)[C@H](O)CO)O2)[C@H]1O.